The van der Waals surface area contributed by atoms with E-state index in [0.717, 1.165) is 4.47 Å². The Kier molecular flexibility index (Phi) is 5.55. The number of nitrogens with one attached hydrogen (secondary N) is 1. The maximum atomic E-state index is 14.0. The van der Waals surface area contributed by atoms with Crippen LogP contribution in [0.2, 0.25) is 0 Å². The van der Waals surface area contributed by atoms with Crippen LogP contribution in [0.25, 0.3) is 0 Å². The first-order valence-corrected chi connectivity index (χ1v) is 7.13. The van der Waals surface area contributed by atoms with Gasteiger partial charge in [-0.25, -0.2) is 4.39 Å². The van der Waals surface area contributed by atoms with Crippen molar-refractivity contribution in [2.24, 2.45) is 0 Å². The largest absolute Gasteiger partial charge is 0.454 e. The normalized spacial score (nSPS) is 12.0. The lowest BCUT2D eigenvalue weighted by molar-refractivity contribution is 0.105. The Bertz CT molecular complexity index is 609. The van der Waals surface area contributed by atoms with Gasteiger partial charge in [-0.05, 0) is 30.3 Å². The molecule has 0 bridgehead atoms. The SMILES string of the molecule is OCC(O)CNc1ccc(Oc2cccc(Br)c2)c(F)c1. The summed E-state index contributed by atoms with van der Waals surface area (Å²) in [5.41, 5.74) is 0.501. The molecule has 0 aromatic heterocycles. The zero-order chi connectivity index (χ0) is 15.2. The number of ether oxygens (including phenoxy) is 1. The summed E-state index contributed by atoms with van der Waals surface area (Å²) >= 11 is 3.32. The number of aliphatic hydroxyl groups is 2. The van der Waals surface area contributed by atoms with Crippen LogP contribution in [0, 0.1) is 5.82 Å². The van der Waals surface area contributed by atoms with E-state index in [4.69, 9.17) is 9.84 Å². The highest BCUT2D eigenvalue weighted by Gasteiger charge is 2.08. The molecule has 3 N–H and O–H groups in total. The van der Waals surface area contributed by atoms with E-state index in [-0.39, 0.29) is 18.9 Å². The second-order valence-electron chi connectivity index (χ2n) is 4.42. The van der Waals surface area contributed by atoms with Crippen molar-refractivity contribution < 1.29 is 19.3 Å². The molecular formula is C15H15BrFNO3. The summed E-state index contributed by atoms with van der Waals surface area (Å²) in [6.45, 7) is -0.207. The first kappa shape index (κ1) is 15.8. The van der Waals surface area contributed by atoms with Gasteiger partial charge in [0.15, 0.2) is 11.6 Å². The van der Waals surface area contributed by atoms with Crippen molar-refractivity contribution in [3.05, 3.63) is 52.8 Å². The predicted molar refractivity (Wildman–Crippen MR) is 82.2 cm³/mol. The number of halogens is 2. The molecule has 0 aliphatic rings. The van der Waals surface area contributed by atoms with Gasteiger partial charge in [-0.15, -0.1) is 0 Å². The van der Waals surface area contributed by atoms with Gasteiger partial charge < -0.3 is 20.3 Å². The maximum Gasteiger partial charge on any atom is 0.167 e. The zero-order valence-corrected chi connectivity index (χ0v) is 12.7. The Morgan fingerprint density at radius 2 is 2.05 bits per heavy atom. The van der Waals surface area contributed by atoms with Crippen LogP contribution in [0.15, 0.2) is 46.9 Å². The van der Waals surface area contributed by atoms with Crippen LogP contribution < -0.4 is 10.1 Å². The standard InChI is InChI=1S/C15H15BrFNO3/c16-10-2-1-3-13(6-10)21-15-5-4-11(7-14(15)17)18-8-12(20)9-19/h1-7,12,18-20H,8-9H2. The average Bonchev–Trinajstić information content (AvgIpc) is 2.47. The summed E-state index contributed by atoms with van der Waals surface area (Å²) in [5.74, 6) is 0.125. The Morgan fingerprint density at radius 1 is 1.24 bits per heavy atom. The minimum atomic E-state index is -0.884. The lowest BCUT2D eigenvalue weighted by Crippen LogP contribution is -2.22. The van der Waals surface area contributed by atoms with Crippen molar-refractivity contribution in [3.8, 4) is 11.5 Å². The molecule has 0 saturated carbocycles. The van der Waals surface area contributed by atoms with Gasteiger partial charge in [0.1, 0.15) is 5.75 Å². The first-order chi connectivity index (χ1) is 10.1. The number of aliphatic hydroxyl groups excluding tert-OH is 2. The molecule has 4 nitrogen and oxygen atoms in total. The topological polar surface area (TPSA) is 61.7 Å². The van der Waals surface area contributed by atoms with E-state index in [1.807, 2.05) is 6.07 Å². The Balaban J connectivity index is 2.05. The van der Waals surface area contributed by atoms with Crippen LogP contribution in [-0.2, 0) is 0 Å². The molecule has 21 heavy (non-hydrogen) atoms. The summed E-state index contributed by atoms with van der Waals surface area (Å²) in [4.78, 5) is 0. The van der Waals surface area contributed by atoms with E-state index in [1.54, 1.807) is 24.3 Å². The summed E-state index contributed by atoms with van der Waals surface area (Å²) in [6, 6.07) is 11.5. The number of hydrogen-bond acceptors (Lipinski definition) is 4. The van der Waals surface area contributed by atoms with Gasteiger partial charge in [-0.3, -0.25) is 0 Å². The summed E-state index contributed by atoms with van der Waals surface area (Å²) in [6.07, 6.45) is -0.884. The summed E-state index contributed by atoms with van der Waals surface area (Å²) in [5, 5.41) is 20.8. The highest BCUT2D eigenvalue weighted by molar-refractivity contribution is 9.10. The van der Waals surface area contributed by atoms with E-state index in [2.05, 4.69) is 21.2 Å². The molecule has 2 aromatic carbocycles. The molecule has 1 unspecified atom stereocenters. The molecule has 1 atom stereocenters. The fourth-order valence-electron chi connectivity index (χ4n) is 1.65. The Hall–Kier alpha value is -1.63. The number of rotatable bonds is 6. The average molecular weight is 356 g/mol. The molecule has 0 heterocycles. The molecular weight excluding hydrogens is 341 g/mol. The highest BCUT2D eigenvalue weighted by atomic mass is 79.9. The van der Waals surface area contributed by atoms with Gasteiger partial charge in [0.2, 0.25) is 0 Å². The van der Waals surface area contributed by atoms with E-state index >= 15 is 0 Å². The fraction of sp³-hybridized carbons (Fsp3) is 0.200. The third-order valence-electron chi connectivity index (χ3n) is 2.71. The van der Waals surface area contributed by atoms with Crippen LogP contribution in [0.5, 0.6) is 11.5 Å². The van der Waals surface area contributed by atoms with E-state index in [0.29, 0.717) is 11.4 Å². The first-order valence-electron chi connectivity index (χ1n) is 6.34. The third-order valence-corrected chi connectivity index (χ3v) is 3.20. The smallest absolute Gasteiger partial charge is 0.167 e. The molecule has 0 radical (unpaired) electrons. The molecule has 0 fully saturated rings. The minimum Gasteiger partial charge on any atom is -0.454 e. The molecule has 0 saturated heterocycles. The second-order valence-corrected chi connectivity index (χ2v) is 5.34. The molecule has 0 amide bonds. The van der Waals surface area contributed by atoms with Crippen molar-refractivity contribution >= 4 is 21.6 Å². The predicted octanol–water partition coefficient (Wildman–Crippen LogP) is 3.15. The quantitative estimate of drug-likeness (QED) is 0.744. The summed E-state index contributed by atoms with van der Waals surface area (Å²) in [7, 11) is 0. The molecule has 112 valence electrons. The Morgan fingerprint density at radius 3 is 2.71 bits per heavy atom. The van der Waals surface area contributed by atoms with Gasteiger partial charge in [-0.2, -0.15) is 0 Å². The fourth-order valence-corrected chi connectivity index (χ4v) is 2.03. The lowest BCUT2D eigenvalue weighted by Gasteiger charge is -2.12. The van der Waals surface area contributed by atoms with Gasteiger partial charge in [0.25, 0.3) is 0 Å². The lowest BCUT2D eigenvalue weighted by atomic mass is 10.2. The molecule has 2 rings (SSSR count). The number of hydrogen-bond donors (Lipinski definition) is 3. The van der Waals surface area contributed by atoms with Gasteiger partial charge in [0, 0.05) is 22.8 Å². The molecule has 0 spiro atoms. The van der Waals surface area contributed by atoms with Crippen molar-refractivity contribution in [1.29, 1.82) is 0 Å². The van der Waals surface area contributed by atoms with Crippen LogP contribution in [0.1, 0.15) is 0 Å². The Labute approximate surface area is 130 Å². The van der Waals surface area contributed by atoms with Crippen LogP contribution in [-0.4, -0.2) is 29.5 Å². The molecule has 2 aromatic rings. The second kappa shape index (κ2) is 7.40. The van der Waals surface area contributed by atoms with E-state index in [1.165, 1.54) is 12.1 Å². The van der Waals surface area contributed by atoms with Crippen LogP contribution in [0.3, 0.4) is 0 Å². The minimum absolute atomic E-state index is 0.112. The maximum absolute atomic E-state index is 14.0. The highest BCUT2D eigenvalue weighted by Crippen LogP contribution is 2.28. The van der Waals surface area contributed by atoms with Crippen LogP contribution in [0.4, 0.5) is 10.1 Å². The zero-order valence-electron chi connectivity index (χ0n) is 11.1. The van der Waals surface area contributed by atoms with E-state index in [9.17, 15) is 9.50 Å². The van der Waals surface area contributed by atoms with Crippen molar-refractivity contribution in [3.63, 3.8) is 0 Å². The summed E-state index contributed by atoms with van der Waals surface area (Å²) < 4.78 is 20.3. The third kappa shape index (κ3) is 4.70. The molecule has 0 aliphatic carbocycles. The van der Waals surface area contributed by atoms with Crippen molar-refractivity contribution in [1.82, 2.24) is 0 Å². The molecule has 6 heteroatoms. The molecule has 0 aliphatic heterocycles. The van der Waals surface area contributed by atoms with Gasteiger partial charge >= 0.3 is 0 Å². The van der Waals surface area contributed by atoms with Gasteiger partial charge in [-0.1, -0.05) is 22.0 Å². The van der Waals surface area contributed by atoms with Gasteiger partial charge in [0.05, 0.1) is 12.7 Å². The number of benzene rings is 2. The van der Waals surface area contributed by atoms with Crippen molar-refractivity contribution in [2.45, 2.75) is 6.10 Å². The van der Waals surface area contributed by atoms with Crippen LogP contribution >= 0.6 is 15.9 Å². The van der Waals surface area contributed by atoms with E-state index < -0.39 is 11.9 Å². The number of anilines is 1. The van der Waals surface area contributed by atoms with Crippen molar-refractivity contribution in [2.75, 3.05) is 18.5 Å². The monoisotopic (exact) mass is 355 g/mol.